The number of hydrazone groups is 1. The molecule has 3 N–H and O–H groups in total. The monoisotopic (exact) mass is 382 g/mol. The van der Waals surface area contributed by atoms with Crippen LogP contribution in [0.3, 0.4) is 0 Å². The highest BCUT2D eigenvalue weighted by Crippen LogP contribution is 2.20. The minimum absolute atomic E-state index is 0.123. The van der Waals surface area contributed by atoms with Gasteiger partial charge in [-0.3, -0.25) is 4.79 Å². The maximum Gasteiger partial charge on any atom is 0.271 e. The summed E-state index contributed by atoms with van der Waals surface area (Å²) in [4.78, 5) is 13.8. The van der Waals surface area contributed by atoms with Gasteiger partial charge in [0.25, 0.3) is 5.91 Å². The standard InChI is InChI=1S/C22H27N3O3/c1-16(23-24-22(27)17-6-9-20(26)10-7-17)18-8-11-21(28-2)19(14-18)15-25-12-4-3-5-13-25/h6-11,14,26H,3-5,12-13,15H2,1-2H3,(H,24,27)/p+1/b23-16-. The van der Waals surface area contributed by atoms with Crippen LogP contribution >= 0.6 is 0 Å². The van der Waals surface area contributed by atoms with Crippen molar-refractivity contribution < 1.29 is 19.5 Å². The van der Waals surface area contributed by atoms with E-state index in [4.69, 9.17) is 4.74 Å². The van der Waals surface area contributed by atoms with E-state index < -0.39 is 0 Å². The number of aromatic hydroxyl groups is 1. The van der Waals surface area contributed by atoms with E-state index in [1.807, 2.05) is 19.1 Å². The fourth-order valence-corrected chi connectivity index (χ4v) is 3.52. The zero-order valence-electron chi connectivity index (χ0n) is 16.5. The van der Waals surface area contributed by atoms with Crippen LogP contribution in [-0.4, -0.2) is 36.9 Å². The van der Waals surface area contributed by atoms with E-state index >= 15 is 0 Å². The molecule has 0 aliphatic carbocycles. The van der Waals surface area contributed by atoms with Crippen molar-refractivity contribution in [1.29, 1.82) is 0 Å². The Kier molecular flexibility index (Phi) is 6.66. The summed E-state index contributed by atoms with van der Waals surface area (Å²) >= 11 is 0. The van der Waals surface area contributed by atoms with Crippen LogP contribution < -0.4 is 15.1 Å². The van der Waals surface area contributed by atoms with E-state index in [1.165, 1.54) is 44.5 Å². The first kappa shape index (κ1) is 19.9. The normalized spacial score (nSPS) is 15.3. The Morgan fingerprint density at radius 1 is 1.11 bits per heavy atom. The summed E-state index contributed by atoms with van der Waals surface area (Å²) in [5, 5.41) is 13.6. The molecular formula is C22H28N3O3+. The van der Waals surface area contributed by atoms with Crippen molar-refractivity contribution in [2.45, 2.75) is 32.7 Å². The summed E-state index contributed by atoms with van der Waals surface area (Å²) in [6.07, 6.45) is 3.88. The lowest BCUT2D eigenvalue weighted by molar-refractivity contribution is -0.918. The van der Waals surface area contributed by atoms with Gasteiger partial charge in [0, 0.05) is 11.1 Å². The smallest absolute Gasteiger partial charge is 0.271 e. The number of amides is 1. The van der Waals surface area contributed by atoms with E-state index in [1.54, 1.807) is 24.1 Å². The SMILES string of the molecule is COc1ccc(/C(C)=N\NC(=O)c2ccc(O)cc2)cc1C[NH+]1CCCCC1. The number of quaternary nitrogens is 1. The van der Waals surface area contributed by atoms with Crippen LogP contribution in [-0.2, 0) is 6.54 Å². The van der Waals surface area contributed by atoms with Crippen LogP contribution in [0.2, 0.25) is 0 Å². The summed E-state index contributed by atoms with van der Waals surface area (Å²) in [5.41, 5.74) is 5.87. The zero-order valence-corrected chi connectivity index (χ0v) is 16.5. The molecule has 1 heterocycles. The Morgan fingerprint density at radius 3 is 2.46 bits per heavy atom. The van der Waals surface area contributed by atoms with Crippen molar-refractivity contribution in [3.05, 3.63) is 59.2 Å². The molecule has 6 nitrogen and oxygen atoms in total. The molecule has 1 amide bonds. The molecule has 1 aliphatic rings. The summed E-state index contributed by atoms with van der Waals surface area (Å²) in [6, 6.07) is 12.1. The number of benzene rings is 2. The van der Waals surface area contributed by atoms with Gasteiger partial charge in [-0.2, -0.15) is 5.10 Å². The number of nitrogens with one attached hydrogen (secondary N) is 2. The van der Waals surface area contributed by atoms with Crippen LogP contribution in [0.5, 0.6) is 11.5 Å². The summed E-state index contributed by atoms with van der Waals surface area (Å²) in [5.74, 6) is 0.700. The van der Waals surface area contributed by atoms with E-state index in [0.717, 1.165) is 29.1 Å². The molecule has 1 saturated heterocycles. The van der Waals surface area contributed by atoms with Gasteiger partial charge in [0.1, 0.15) is 18.0 Å². The second-order valence-electron chi connectivity index (χ2n) is 7.20. The van der Waals surface area contributed by atoms with Crippen LogP contribution in [0.25, 0.3) is 0 Å². The predicted molar refractivity (Wildman–Crippen MR) is 109 cm³/mol. The Bertz CT molecular complexity index is 841. The lowest BCUT2D eigenvalue weighted by atomic mass is 10.0. The number of nitrogens with zero attached hydrogens (tertiary/aromatic N) is 1. The lowest BCUT2D eigenvalue weighted by Gasteiger charge is -2.24. The molecule has 0 unspecified atom stereocenters. The zero-order chi connectivity index (χ0) is 19.9. The molecule has 3 rings (SSSR count). The van der Waals surface area contributed by atoms with E-state index in [9.17, 15) is 9.90 Å². The molecule has 0 radical (unpaired) electrons. The van der Waals surface area contributed by atoms with Crippen molar-refractivity contribution in [3.63, 3.8) is 0 Å². The number of phenolic OH excluding ortho intramolecular Hbond substituents is 1. The van der Waals surface area contributed by atoms with Crippen LogP contribution in [0.1, 0.15) is 47.7 Å². The summed E-state index contributed by atoms with van der Waals surface area (Å²) < 4.78 is 5.54. The van der Waals surface area contributed by atoms with Gasteiger partial charge >= 0.3 is 0 Å². The average molecular weight is 382 g/mol. The number of hydrogen-bond acceptors (Lipinski definition) is 4. The third kappa shape index (κ3) is 5.10. The predicted octanol–water partition coefficient (Wildman–Crippen LogP) is 2.12. The van der Waals surface area contributed by atoms with Crippen LogP contribution in [0.15, 0.2) is 47.6 Å². The van der Waals surface area contributed by atoms with Gasteiger partial charge in [-0.15, -0.1) is 0 Å². The van der Waals surface area contributed by atoms with E-state index in [-0.39, 0.29) is 11.7 Å². The number of carbonyl (C=O) groups excluding carboxylic acids is 1. The molecule has 0 atom stereocenters. The summed E-state index contributed by atoms with van der Waals surface area (Å²) in [7, 11) is 1.70. The minimum atomic E-state index is -0.314. The highest BCUT2D eigenvalue weighted by molar-refractivity contribution is 6.01. The largest absolute Gasteiger partial charge is 0.508 e. The maximum atomic E-state index is 12.2. The molecule has 2 aromatic rings. The molecule has 1 fully saturated rings. The van der Waals surface area contributed by atoms with Crippen molar-refractivity contribution in [2.24, 2.45) is 5.10 Å². The quantitative estimate of drug-likeness (QED) is 0.529. The first-order valence-corrected chi connectivity index (χ1v) is 9.71. The molecule has 148 valence electrons. The summed E-state index contributed by atoms with van der Waals surface area (Å²) in [6.45, 7) is 5.20. The van der Waals surface area contributed by atoms with E-state index in [2.05, 4.69) is 16.6 Å². The second-order valence-corrected chi connectivity index (χ2v) is 7.20. The highest BCUT2D eigenvalue weighted by atomic mass is 16.5. The first-order valence-electron chi connectivity index (χ1n) is 9.71. The number of rotatable bonds is 6. The number of hydrogen-bond donors (Lipinski definition) is 3. The highest BCUT2D eigenvalue weighted by Gasteiger charge is 2.17. The van der Waals surface area contributed by atoms with Gasteiger partial charge in [-0.25, -0.2) is 5.43 Å². The van der Waals surface area contributed by atoms with Crippen LogP contribution in [0.4, 0.5) is 0 Å². The molecule has 0 bridgehead atoms. The molecule has 1 aliphatic heterocycles. The third-order valence-electron chi connectivity index (χ3n) is 5.15. The minimum Gasteiger partial charge on any atom is -0.508 e. The molecule has 28 heavy (non-hydrogen) atoms. The molecule has 2 aromatic carbocycles. The second kappa shape index (κ2) is 9.37. The van der Waals surface area contributed by atoms with Crippen molar-refractivity contribution >= 4 is 11.6 Å². The third-order valence-corrected chi connectivity index (χ3v) is 5.15. The number of phenols is 1. The number of ether oxygens (including phenoxy) is 1. The number of piperidine rings is 1. The fraction of sp³-hybridized carbons (Fsp3) is 0.364. The molecule has 0 aromatic heterocycles. The average Bonchev–Trinajstić information content (AvgIpc) is 2.73. The van der Waals surface area contributed by atoms with Gasteiger partial charge in [-0.1, -0.05) is 0 Å². The molecule has 6 heteroatoms. The lowest BCUT2D eigenvalue weighted by Crippen LogP contribution is -3.11. The Morgan fingerprint density at radius 2 is 1.79 bits per heavy atom. The Balaban J connectivity index is 1.72. The number of methoxy groups -OCH3 is 1. The topological polar surface area (TPSA) is 75.4 Å². The molecule has 0 spiro atoms. The maximum absolute atomic E-state index is 12.2. The van der Waals surface area contributed by atoms with Gasteiger partial charge in [0.05, 0.1) is 25.9 Å². The molecule has 0 saturated carbocycles. The fourth-order valence-electron chi connectivity index (χ4n) is 3.52. The van der Waals surface area contributed by atoms with Crippen LogP contribution in [0, 0.1) is 0 Å². The van der Waals surface area contributed by atoms with Crippen molar-refractivity contribution in [1.82, 2.24) is 5.43 Å². The Labute approximate surface area is 165 Å². The first-order chi connectivity index (χ1) is 13.6. The van der Waals surface area contributed by atoms with Gasteiger partial charge in [-0.05, 0) is 74.2 Å². The van der Waals surface area contributed by atoms with Gasteiger partial charge < -0.3 is 14.7 Å². The van der Waals surface area contributed by atoms with Gasteiger partial charge in [0.2, 0.25) is 0 Å². The van der Waals surface area contributed by atoms with Gasteiger partial charge in [0.15, 0.2) is 0 Å². The molecular weight excluding hydrogens is 354 g/mol. The number of likely N-dealkylation sites (tertiary alicyclic amines) is 1. The number of carbonyl (C=O) groups is 1. The van der Waals surface area contributed by atoms with Crippen molar-refractivity contribution in [3.8, 4) is 11.5 Å². The van der Waals surface area contributed by atoms with E-state index in [0.29, 0.717) is 5.56 Å². The van der Waals surface area contributed by atoms with Crippen molar-refractivity contribution in [2.75, 3.05) is 20.2 Å². The Hall–Kier alpha value is -2.86.